The molecule has 1 fully saturated rings. The second-order valence-electron chi connectivity index (χ2n) is 7.98. The number of aromatic nitrogens is 1. The Morgan fingerprint density at radius 3 is 2.50 bits per heavy atom. The van der Waals surface area contributed by atoms with Crippen LogP contribution in [0.25, 0.3) is 0 Å². The van der Waals surface area contributed by atoms with E-state index in [4.69, 9.17) is 0 Å². The van der Waals surface area contributed by atoms with Crippen LogP contribution in [0, 0.1) is 23.4 Å². The molecule has 0 radical (unpaired) electrons. The highest BCUT2D eigenvalue weighted by Crippen LogP contribution is 2.32. The van der Waals surface area contributed by atoms with Crippen LogP contribution in [0.1, 0.15) is 46.7 Å². The van der Waals surface area contributed by atoms with Gasteiger partial charge in [0.15, 0.2) is 11.4 Å². The van der Waals surface area contributed by atoms with Crippen molar-refractivity contribution in [3.8, 4) is 5.75 Å². The maximum Gasteiger partial charge on any atom is 0.278 e. The van der Waals surface area contributed by atoms with Gasteiger partial charge in [-0.25, -0.2) is 13.2 Å². The molecule has 32 heavy (non-hydrogen) atoms. The molecule has 1 aromatic heterocycles. The van der Waals surface area contributed by atoms with Crippen LogP contribution in [0.4, 0.5) is 13.2 Å². The van der Waals surface area contributed by atoms with Crippen LogP contribution in [-0.2, 0) is 6.54 Å². The van der Waals surface area contributed by atoms with Crippen molar-refractivity contribution in [1.82, 2.24) is 14.9 Å². The maximum atomic E-state index is 13.8. The second-order valence-corrected chi connectivity index (χ2v) is 7.98. The standard InChI is InChI=1S/C21H21F3N4O4/c1-3-26-16-4-10(2)8-27(16)28-9-13(18(29)19(30)17(28)21(26)32)20(31)25-7-12-14(23)5-11(22)6-15(12)24/h5-6,9-10,16,30H,3-4,7-8H2,1-2H3,(H,25,31)/t10-,16-/m0/s1. The highest BCUT2D eigenvalue weighted by atomic mass is 19.1. The lowest BCUT2D eigenvalue weighted by Crippen LogP contribution is -2.58. The summed E-state index contributed by atoms with van der Waals surface area (Å²) in [5, 5.41) is 14.5. The molecule has 0 saturated carbocycles. The molecule has 2 atom stereocenters. The van der Waals surface area contributed by atoms with Gasteiger partial charge in [0.25, 0.3) is 11.8 Å². The third kappa shape index (κ3) is 3.37. The summed E-state index contributed by atoms with van der Waals surface area (Å²) >= 11 is 0. The van der Waals surface area contributed by atoms with Crippen molar-refractivity contribution >= 4 is 11.8 Å². The van der Waals surface area contributed by atoms with Gasteiger partial charge in [0.05, 0.1) is 0 Å². The van der Waals surface area contributed by atoms with E-state index in [1.807, 2.05) is 6.92 Å². The van der Waals surface area contributed by atoms with Gasteiger partial charge in [0.2, 0.25) is 5.43 Å². The van der Waals surface area contributed by atoms with E-state index in [1.54, 1.807) is 16.8 Å². The average Bonchev–Trinajstić information content (AvgIpc) is 3.10. The molecule has 170 valence electrons. The molecule has 0 unspecified atom stereocenters. The number of carbonyl (C=O) groups is 2. The molecule has 3 heterocycles. The number of hydrogen-bond acceptors (Lipinski definition) is 5. The van der Waals surface area contributed by atoms with E-state index in [1.165, 1.54) is 4.68 Å². The summed E-state index contributed by atoms with van der Waals surface area (Å²) < 4.78 is 42.1. The first-order valence-electron chi connectivity index (χ1n) is 10.1. The highest BCUT2D eigenvalue weighted by Gasteiger charge is 2.44. The maximum absolute atomic E-state index is 13.8. The largest absolute Gasteiger partial charge is 0.502 e. The number of halogens is 3. The van der Waals surface area contributed by atoms with Gasteiger partial charge in [-0.2, -0.15) is 0 Å². The number of carbonyl (C=O) groups excluding carboxylic acids is 2. The average molecular weight is 450 g/mol. The number of benzene rings is 1. The Morgan fingerprint density at radius 1 is 1.22 bits per heavy atom. The van der Waals surface area contributed by atoms with Crippen molar-refractivity contribution in [2.45, 2.75) is 33.0 Å². The number of pyridine rings is 1. The predicted octanol–water partition coefficient (Wildman–Crippen LogP) is 1.68. The van der Waals surface area contributed by atoms with E-state index in [0.717, 1.165) is 6.20 Å². The topological polar surface area (TPSA) is 94.9 Å². The normalized spacial score (nSPS) is 19.7. The molecule has 11 heteroatoms. The van der Waals surface area contributed by atoms with Gasteiger partial charge in [0.1, 0.15) is 29.2 Å². The number of nitrogens with zero attached hydrogens (tertiary/aromatic N) is 3. The molecule has 4 rings (SSSR count). The van der Waals surface area contributed by atoms with E-state index in [9.17, 15) is 32.7 Å². The van der Waals surface area contributed by atoms with Gasteiger partial charge < -0.3 is 15.3 Å². The molecule has 1 saturated heterocycles. The minimum Gasteiger partial charge on any atom is -0.502 e. The molecule has 2 aromatic rings. The molecular formula is C21H21F3N4O4. The zero-order valence-electron chi connectivity index (χ0n) is 17.4. The number of fused-ring (bicyclic) bond motifs is 3. The van der Waals surface area contributed by atoms with Crippen molar-refractivity contribution in [1.29, 1.82) is 0 Å². The van der Waals surface area contributed by atoms with Crippen LogP contribution in [0.3, 0.4) is 0 Å². The molecular weight excluding hydrogens is 429 g/mol. The van der Waals surface area contributed by atoms with Gasteiger partial charge in [-0.05, 0) is 19.3 Å². The highest BCUT2D eigenvalue weighted by molar-refractivity contribution is 5.99. The first-order chi connectivity index (χ1) is 15.1. The Bertz CT molecular complexity index is 1160. The first kappa shape index (κ1) is 21.7. The van der Waals surface area contributed by atoms with Crippen molar-refractivity contribution < 1.29 is 27.9 Å². The molecule has 2 aliphatic heterocycles. The van der Waals surface area contributed by atoms with Crippen LogP contribution in [0.5, 0.6) is 5.75 Å². The van der Waals surface area contributed by atoms with E-state index in [0.29, 0.717) is 31.6 Å². The van der Waals surface area contributed by atoms with E-state index >= 15 is 0 Å². The quantitative estimate of drug-likeness (QED) is 0.739. The lowest BCUT2D eigenvalue weighted by Gasteiger charge is -2.42. The Kier molecular flexibility index (Phi) is 5.35. The van der Waals surface area contributed by atoms with E-state index in [-0.39, 0.29) is 17.8 Å². The number of nitrogens with one attached hydrogen (secondary N) is 1. The van der Waals surface area contributed by atoms with Crippen LogP contribution >= 0.6 is 0 Å². The van der Waals surface area contributed by atoms with Crippen molar-refractivity contribution in [3.63, 3.8) is 0 Å². The second kappa shape index (κ2) is 7.88. The summed E-state index contributed by atoms with van der Waals surface area (Å²) in [6.07, 6.45) is 1.53. The predicted molar refractivity (Wildman–Crippen MR) is 107 cm³/mol. The third-order valence-electron chi connectivity index (χ3n) is 5.84. The summed E-state index contributed by atoms with van der Waals surface area (Å²) in [6, 6.07) is 0.952. The van der Waals surface area contributed by atoms with Crippen LogP contribution < -0.4 is 15.8 Å². The third-order valence-corrected chi connectivity index (χ3v) is 5.84. The number of hydrogen-bond donors (Lipinski definition) is 2. The zero-order valence-corrected chi connectivity index (χ0v) is 17.4. The molecule has 2 aliphatic rings. The lowest BCUT2D eigenvalue weighted by atomic mass is 10.1. The van der Waals surface area contributed by atoms with Crippen LogP contribution in [0.2, 0.25) is 0 Å². The van der Waals surface area contributed by atoms with Crippen LogP contribution in [-0.4, -0.2) is 45.8 Å². The molecule has 0 spiro atoms. The summed E-state index contributed by atoms with van der Waals surface area (Å²) in [6.45, 7) is 4.04. The summed E-state index contributed by atoms with van der Waals surface area (Å²) in [5.74, 6) is -5.67. The van der Waals surface area contributed by atoms with Crippen molar-refractivity contribution in [3.05, 3.63) is 62.8 Å². The SMILES string of the molecule is CCN1C(=O)c2c(O)c(=O)c(C(=O)NCc3c(F)cc(F)cc3F)cn2N2C[C@@H](C)C[C@@H]12. The van der Waals surface area contributed by atoms with Gasteiger partial charge in [-0.1, -0.05) is 6.92 Å². The molecule has 8 nitrogen and oxygen atoms in total. The fourth-order valence-electron chi connectivity index (χ4n) is 4.30. The van der Waals surface area contributed by atoms with Gasteiger partial charge >= 0.3 is 0 Å². The smallest absolute Gasteiger partial charge is 0.278 e. The van der Waals surface area contributed by atoms with E-state index in [2.05, 4.69) is 5.32 Å². The molecule has 2 amide bonds. The van der Waals surface area contributed by atoms with Gasteiger partial charge in [-0.3, -0.25) is 24.1 Å². The molecule has 0 aliphatic carbocycles. The summed E-state index contributed by atoms with van der Waals surface area (Å²) in [4.78, 5) is 39.8. The fraction of sp³-hybridized carbons (Fsp3) is 0.381. The van der Waals surface area contributed by atoms with Gasteiger partial charge in [0, 0.05) is 43.5 Å². The van der Waals surface area contributed by atoms with Crippen molar-refractivity contribution in [2.24, 2.45) is 5.92 Å². The van der Waals surface area contributed by atoms with Gasteiger partial charge in [-0.15, -0.1) is 0 Å². The van der Waals surface area contributed by atoms with E-state index < -0.39 is 58.1 Å². The summed E-state index contributed by atoms with van der Waals surface area (Å²) in [5.41, 5.74) is -2.40. The lowest BCUT2D eigenvalue weighted by molar-refractivity contribution is 0.0604. The van der Waals surface area contributed by atoms with Crippen molar-refractivity contribution in [2.75, 3.05) is 18.1 Å². The monoisotopic (exact) mass is 450 g/mol. The minimum absolute atomic E-state index is 0.219. The number of aromatic hydroxyl groups is 1. The minimum atomic E-state index is -1.19. The molecule has 1 aromatic carbocycles. The number of amides is 2. The zero-order chi connectivity index (χ0) is 23.3. The Hall–Kier alpha value is -3.50. The fourth-order valence-corrected chi connectivity index (χ4v) is 4.30. The van der Waals surface area contributed by atoms with Crippen LogP contribution in [0.15, 0.2) is 23.1 Å². The number of rotatable bonds is 4. The Labute approximate surface area is 180 Å². The Morgan fingerprint density at radius 2 is 1.88 bits per heavy atom. The Balaban J connectivity index is 1.70. The molecule has 0 bridgehead atoms. The summed E-state index contributed by atoms with van der Waals surface area (Å²) in [7, 11) is 0. The molecule has 2 N–H and O–H groups in total. The first-order valence-corrected chi connectivity index (χ1v) is 10.1.